The molecule has 0 aliphatic carbocycles. The van der Waals surface area contributed by atoms with Gasteiger partial charge in [-0.05, 0) is 24.6 Å². The second kappa shape index (κ2) is 4.25. The summed E-state index contributed by atoms with van der Waals surface area (Å²) in [5, 5.41) is 4.22. The van der Waals surface area contributed by atoms with E-state index >= 15 is 0 Å². The van der Waals surface area contributed by atoms with Gasteiger partial charge in [0.25, 0.3) is 0 Å². The van der Waals surface area contributed by atoms with E-state index in [4.69, 9.17) is 5.73 Å². The SMILES string of the molecule is Cc1c(-c2ccc(F)cc2F)nn(C)c1CN. The van der Waals surface area contributed by atoms with Crippen molar-refractivity contribution in [3.05, 3.63) is 41.1 Å². The normalized spacial score (nSPS) is 10.9. The Morgan fingerprint density at radius 2 is 2.06 bits per heavy atom. The second-order valence-electron chi connectivity index (χ2n) is 3.87. The van der Waals surface area contributed by atoms with Gasteiger partial charge in [0.15, 0.2) is 0 Å². The van der Waals surface area contributed by atoms with E-state index in [2.05, 4.69) is 5.10 Å². The van der Waals surface area contributed by atoms with Gasteiger partial charge in [0.05, 0.1) is 11.4 Å². The van der Waals surface area contributed by atoms with Crippen molar-refractivity contribution in [3.63, 3.8) is 0 Å². The predicted octanol–water partition coefficient (Wildman–Crippen LogP) is 2.13. The first-order chi connectivity index (χ1) is 8.04. The zero-order chi connectivity index (χ0) is 12.6. The lowest BCUT2D eigenvalue weighted by Crippen LogP contribution is -2.05. The van der Waals surface area contributed by atoms with E-state index < -0.39 is 11.6 Å². The largest absolute Gasteiger partial charge is 0.325 e. The Morgan fingerprint density at radius 3 is 2.59 bits per heavy atom. The molecule has 0 aliphatic heterocycles. The quantitative estimate of drug-likeness (QED) is 0.869. The zero-order valence-corrected chi connectivity index (χ0v) is 9.67. The van der Waals surface area contributed by atoms with Crippen molar-refractivity contribution in [2.75, 3.05) is 0 Å². The minimum Gasteiger partial charge on any atom is -0.325 e. The van der Waals surface area contributed by atoms with Gasteiger partial charge in [0.2, 0.25) is 0 Å². The highest BCUT2D eigenvalue weighted by molar-refractivity contribution is 5.64. The lowest BCUT2D eigenvalue weighted by atomic mass is 10.1. The van der Waals surface area contributed by atoms with Gasteiger partial charge in [-0.15, -0.1) is 0 Å². The molecular formula is C12H13F2N3. The molecule has 1 aromatic carbocycles. The van der Waals surface area contributed by atoms with Crippen LogP contribution in [0.2, 0.25) is 0 Å². The summed E-state index contributed by atoms with van der Waals surface area (Å²) in [5.41, 5.74) is 8.04. The number of halogens is 2. The van der Waals surface area contributed by atoms with Crippen molar-refractivity contribution in [2.24, 2.45) is 12.8 Å². The van der Waals surface area contributed by atoms with E-state index in [0.29, 0.717) is 17.8 Å². The first-order valence-corrected chi connectivity index (χ1v) is 5.22. The van der Waals surface area contributed by atoms with Crippen LogP contribution in [-0.2, 0) is 13.6 Å². The van der Waals surface area contributed by atoms with Crippen LogP contribution in [0.25, 0.3) is 11.3 Å². The van der Waals surface area contributed by atoms with Crippen LogP contribution in [0.4, 0.5) is 8.78 Å². The van der Waals surface area contributed by atoms with Crippen LogP contribution in [0.3, 0.4) is 0 Å². The lowest BCUT2D eigenvalue weighted by Gasteiger charge is -2.01. The summed E-state index contributed by atoms with van der Waals surface area (Å²) in [6.07, 6.45) is 0. The summed E-state index contributed by atoms with van der Waals surface area (Å²) < 4.78 is 28.1. The molecule has 90 valence electrons. The molecule has 1 aromatic heterocycles. The van der Waals surface area contributed by atoms with Crippen LogP contribution in [0.15, 0.2) is 18.2 Å². The van der Waals surface area contributed by atoms with Crippen molar-refractivity contribution >= 4 is 0 Å². The third-order valence-electron chi connectivity index (χ3n) is 2.81. The fourth-order valence-corrected chi connectivity index (χ4v) is 1.89. The highest BCUT2D eigenvalue weighted by Gasteiger charge is 2.16. The molecule has 0 spiro atoms. The molecule has 0 aliphatic rings. The Labute approximate surface area is 97.9 Å². The molecule has 0 bridgehead atoms. The molecule has 0 radical (unpaired) electrons. The fraction of sp³-hybridized carbons (Fsp3) is 0.250. The van der Waals surface area contributed by atoms with Crippen molar-refractivity contribution in [1.82, 2.24) is 9.78 Å². The van der Waals surface area contributed by atoms with Crippen LogP contribution in [0, 0.1) is 18.6 Å². The molecule has 0 amide bonds. The highest BCUT2D eigenvalue weighted by Crippen LogP contribution is 2.27. The topological polar surface area (TPSA) is 43.8 Å². The molecule has 5 heteroatoms. The summed E-state index contributed by atoms with van der Waals surface area (Å²) in [5.74, 6) is -1.21. The standard InChI is InChI=1S/C12H13F2N3/c1-7-11(6-15)17(2)16-12(7)9-4-3-8(13)5-10(9)14/h3-5H,6,15H2,1-2H3. The average molecular weight is 237 g/mol. The maximum absolute atomic E-state index is 13.6. The fourth-order valence-electron chi connectivity index (χ4n) is 1.89. The minimum absolute atomic E-state index is 0.291. The van der Waals surface area contributed by atoms with E-state index in [0.717, 1.165) is 17.3 Å². The summed E-state index contributed by atoms with van der Waals surface area (Å²) in [4.78, 5) is 0. The molecule has 1 heterocycles. The molecule has 2 aromatic rings. The van der Waals surface area contributed by atoms with Crippen molar-refractivity contribution < 1.29 is 8.78 Å². The number of nitrogens with two attached hydrogens (primary N) is 1. The molecule has 0 saturated carbocycles. The Bertz CT molecular complexity index is 561. The summed E-state index contributed by atoms with van der Waals surface area (Å²) in [6.45, 7) is 2.16. The van der Waals surface area contributed by atoms with Gasteiger partial charge in [-0.25, -0.2) is 8.78 Å². The maximum atomic E-state index is 13.6. The molecule has 3 nitrogen and oxygen atoms in total. The molecule has 0 unspecified atom stereocenters. The summed E-state index contributed by atoms with van der Waals surface area (Å²) in [6, 6.07) is 3.46. The monoisotopic (exact) mass is 237 g/mol. The summed E-state index contributed by atoms with van der Waals surface area (Å²) >= 11 is 0. The highest BCUT2D eigenvalue weighted by atomic mass is 19.1. The van der Waals surface area contributed by atoms with E-state index in [1.165, 1.54) is 12.1 Å². The Hall–Kier alpha value is -1.75. The Balaban J connectivity index is 2.61. The first kappa shape index (κ1) is 11.7. The molecule has 2 N–H and O–H groups in total. The predicted molar refractivity (Wildman–Crippen MR) is 61.2 cm³/mol. The molecule has 0 saturated heterocycles. The molecule has 0 fully saturated rings. The third kappa shape index (κ3) is 1.93. The van der Waals surface area contributed by atoms with E-state index in [-0.39, 0.29) is 0 Å². The number of hydrogen-bond donors (Lipinski definition) is 1. The first-order valence-electron chi connectivity index (χ1n) is 5.22. The van der Waals surface area contributed by atoms with Gasteiger partial charge in [-0.2, -0.15) is 5.10 Å². The van der Waals surface area contributed by atoms with Crippen molar-refractivity contribution in [2.45, 2.75) is 13.5 Å². The second-order valence-corrected chi connectivity index (χ2v) is 3.87. The van der Waals surface area contributed by atoms with E-state index in [9.17, 15) is 8.78 Å². The van der Waals surface area contributed by atoms with Crippen LogP contribution in [0.1, 0.15) is 11.3 Å². The Morgan fingerprint density at radius 1 is 1.35 bits per heavy atom. The number of benzene rings is 1. The minimum atomic E-state index is -0.616. The average Bonchev–Trinajstić information content (AvgIpc) is 2.54. The van der Waals surface area contributed by atoms with E-state index in [1.807, 2.05) is 6.92 Å². The third-order valence-corrected chi connectivity index (χ3v) is 2.81. The number of nitrogens with zero attached hydrogens (tertiary/aromatic N) is 2. The molecule has 0 atom stereocenters. The van der Waals surface area contributed by atoms with Gasteiger partial charge < -0.3 is 5.73 Å². The van der Waals surface area contributed by atoms with Gasteiger partial charge >= 0.3 is 0 Å². The van der Waals surface area contributed by atoms with Gasteiger partial charge in [0.1, 0.15) is 11.6 Å². The Kier molecular flexibility index (Phi) is 2.93. The number of rotatable bonds is 2. The molecule has 17 heavy (non-hydrogen) atoms. The lowest BCUT2D eigenvalue weighted by molar-refractivity contribution is 0.585. The maximum Gasteiger partial charge on any atom is 0.135 e. The molecule has 2 rings (SSSR count). The van der Waals surface area contributed by atoms with Crippen molar-refractivity contribution in [1.29, 1.82) is 0 Å². The van der Waals surface area contributed by atoms with Crippen LogP contribution >= 0.6 is 0 Å². The van der Waals surface area contributed by atoms with Crippen LogP contribution in [-0.4, -0.2) is 9.78 Å². The van der Waals surface area contributed by atoms with Gasteiger partial charge in [-0.1, -0.05) is 0 Å². The van der Waals surface area contributed by atoms with Gasteiger partial charge in [-0.3, -0.25) is 4.68 Å². The number of aromatic nitrogens is 2. The zero-order valence-electron chi connectivity index (χ0n) is 9.67. The van der Waals surface area contributed by atoms with Crippen molar-refractivity contribution in [3.8, 4) is 11.3 Å². The van der Waals surface area contributed by atoms with Crippen LogP contribution in [0.5, 0.6) is 0 Å². The number of hydrogen-bond acceptors (Lipinski definition) is 2. The smallest absolute Gasteiger partial charge is 0.135 e. The summed E-state index contributed by atoms with van der Waals surface area (Å²) in [7, 11) is 1.75. The van der Waals surface area contributed by atoms with Crippen LogP contribution < -0.4 is 5.73 Å². The van der Waals surface area contributed by atoms with E-state index in [1.54, 1.807) is 11.7 Å². The molecular weight excluding hydrogens is 224 g/mol. The number of aryl methyl sites for hydroxylation is 1. The van der Waals surface area contributed by atoms with Gasteiger partial charge in [0, 0.05) is 25.2 Å².